The number of carbonyl (C=O) groups is 2. The van der Waals surface area contributed by atoms with Crippen molar-refractivity contribution in [3.63, 3.8) is 0 Å². The zero-order valence-corrected chi connectivity index (χ0v) is 12.4. The second-order valence-corrected chi connectivity index (χ2v) is 6.36. The minimum absolute atomic E-state index is 0.122. The van der Waals surface area contributed by atoms with E-state index in [0.717, 1.165) is 17.7 Å². The summed E-state index contributed by atoms with van der Waals surface area (Å²) < 4.78 is 4.57. The quantitative estimate of drug-likeness (QED) is 0.677. The molecule has 1 aliphatic rings. The first kappa shape index (κ1) is 13.5. The van der Waals surface area contributed by atoms with Crippen molar-refractivity contribution >= 4 is 39.1 Å². The molecule has 0 saturated heterocycles. The molecule has 1 unspecified atom stereocenters. The summed E-state index contributed by atoms with van der Waals surface area (Å²) in [5, 5.41) is 2.73. The first-order valence-electron chi connectivity index (χ1n) is 5.73. The summed E-state index contributed by atoms with van der Waals surface area (Å²) >= 11 is 4.72. The summed E-state index contributed by atoms with van der Waals surface area (Å²) in [6.07, 6.45) is 3.34. The normalized spacial score (nSPS) is 15.0. The van der Waals surface area contributed by atoms with Gasteiger partial charge < -0.3 is 10.1 Å². The Morgan fingerprint density at radius 2 is 2.33 bits per heavy atom. The van der Waals surface area contributed by atoms with E-state index >= 15 is 0 Å². The van der Waals surface area contributed by atoms with E-state index in [-0.39, 0.29) is 18.4 Å². The maximum absolute atomic E-state index is 11.9. The maximum atomic E-state index is 11.9. The number of hydrogen-bond acceptors (Lipinski definition) is 4. The van der Waals surface area contributed by atoms with Crippen LogP contribution in [0.4, 0.5) is 0 Å². The summed E-state index contributed by atoms with van der Waals surface area (Å²) in [5.74, 6) is -0.508. The number of fused-ring (bicyclic) bond motifs is 1. The lowest BCUT2D eigenvalue weighted by molar-refractivity contribution is -0.139. The van der Waals surface area contributed by atoms with Crippen molar-refractivity contribution in [2.75, 3.05) is 13.7 Å². The highest BCUT2D eigenvalue weighted by Gasteiger charge is 2.20. The van der Waals surface area contributed by atoms with Gasteiger partial charge in [0.2, 0.25) is 0 Å². The number of hydrogen-bond donors (Lipinski definition) is 1. The molecule has 1 atom stereocenters. The molecule has 0 aliphatic heterocycles. The monoisotopic (exact) mass is 331 g/mol. The van der Waals surface area contributed by atoms with Crippen molar-refractivity contribution in [1.29, 1.82) is 0 Å². The molecule has 1 aromatic rings. The Hall–Kier alpha value is -0.880. The fourth-order valence-electron chi connectivity index (χ4n) is 1.92. The van der Waals surface area contributed by atoms with E-state index in [4.69, 9.17) is 0 Å². The molecule has 0 spiro atoms. The Kier molecular flexibility index (Phi) is 4.40. The van der Waals surface area contributed by atoms with Crippen LogP contribution in [0.15, 0.2) is 6.07 Å². The summed E-state index contributed by atoms with van der Waals surface area (Å²) in [5.41, 5.74) is 1.30. The van der Waals surface area contributed by atoms with Crippen molar-refractivity contribution in [3.8, 4) is 0 Å². The number of halogens is 1. The molecule has 2 rings (SSSR count). The number of alkyl halides is 1. The zero-order valence-electron chi connectivity index (χ0n) is 9.99. The lowest BCUT2D eigenvalue weighted by Gasteiger charge is -2.08. The molecule has 1 N–H and O–H groups in total. The van der Waals surface area contributed by atoms with E-state index in [2.05, 4.69) is 26.0 Å². The number of methoxy groups -OCH3 is 1. The maximum Gasteiger partial charge on any atom is 0.321 e. The van der Waals surface area contributed by atoms with E-state index in [1.807, 2.05) is 6.07 Å². The fraction of sp³-hybridized carbons (Fsp3) is 0.500. The predicted molar refractivity (Wildman–Crippen MR) is 73.4 cm³/mol. The topological polar surface area (TPSA) is 55.4 Å². The summed E-state index contributed by atoms with van der Waals surface area (Å²) in [6, 6.07) is 1.96. The highest BCUT2D eigenvalue weighted by molar-refractivity contribution is 9.10. The molecule has 0 fully saturated rings. The fourth-order valence-corrected chi connectivity index (χ4v) is 3.44. The second-order valence-electron chi connectivity index (χ2n) is 4.11. The third-order valence-corrected chi connectivity index (χ3v) is 4.80. The summed E-state index contributed by atoms with van der Waals surface area (Å²) in [6.45, 7) is 0.230. The molecule has 4 nitrogen and oxygen atoms in total. The molecule has 0 radical (unpaired) electrons. The third kappa shape index (κ3) is 2.92. The Bertz CT molecular complexity index is 450. The first-order valence-corrected chi connectivity index (χ1v) is 7.46. The van der Waals surface area contributed by atoms with Crippen LogP contribution in [-0.2, 0) is 22.4 Å². The average Bonchev–Trinajstić information content (AvgIpc) is 2.94. The average molecular weight is 332 g/mol. The van der Waals surface area contributed by atoms with E-state index in [9.17, 15) is 9.59 Å². The Morgan fingerprint density at radius 3 is 3.00 bits per heavy atom. The minimum Gasteiger partial charge on any atom is -0.468 e. The molecular formula is C12H14BrNO3S. The number of nitrogens with one attached hydrogen (secondary N) is 1. The Labute approximate surface area is 118 Å². The number of aryl methyl sites for hydroxylation is 2. The van der Waals surface area contributed by atoms with Gasteiger partial charge in [0.1, 0.15) is 4.83 Å². The SMILES string of the molecule is COC(=O)C(Br)CNC(=O)c1cc2c(s1)CCC2. The first-order chi connectivity index (χ1) is 8.61. The Balaban J connectivity index is 1.90. The molecule has 0 bridgehead atoms. The van der Waals surface area contributed by atoms with Crippen LogP contribution >= 0.6 is 27.3 Å². The van der Waals surface area contributed by atoms with Gasteiger partial charge in [-0.3, -0.25) is 9.59 Å². The number of amides is 1. The molecular weight excluding hydrogens is 318 g/mol. The van der Waals surface area contributed by atoms with Crippen LogP contribution in [0.1, 0.15) is 26.5 Å². The van der Waals surface area contributed by atoms with Crippen molar-refractivity contribution in [2.24, 2.45) is 0 Å². The van der Waals surface area contributed by atoms with Crippen molar-refractivity contribution in [1.82, 2.24) is 5.32 Å². The minimum atomic E-state index is -0.502. The second kappa shape index (κ2) is 5.84. The predicted octanol–water partition coefficient (Wildman–Crippen LogP) is 1.90. The molecule has 1 aromatic heterocycles. The molecule has 0 aromatic carbocycles. The molecule has 1 amide bonds. The number of ether oxygens (including phenoxy) is 1. The number of thiophene rings is 1. The van der Waals surface area contributed by atoms with Gasteiger partial charge in [0.15, 0.2) is 0 Å². The van der Waals surface area contributed by atoms with Gasteiger partial charge in [-0.05, 0) is 30.9 Å². The van der Waals surface area contributed by atoms with Gasteiger partial charge in [0.05, 0.1) is 12.0 Å². The zero-order chi connectivity index (χ0) is 13.1. The highest BCUT2D eigenvalue weighted by atomic mass is 79.9. The molecule has 18 heavy (non-hydrogen) atoms. The van der Waals surface area contributed by atoms with Crippen LogP contribution in [0, 0.1) is 0 Å². The third-order valence-electron chi connectivity index (χ3n) is 2.87. The standard InChI is InChI=1S/C12H14BrNO3S/c1-17-12(16)8(13)6-14-11(15)10-5-7-3-2-4-9(7)18-10/h5,8H,2-4,6H2,1H3,(H,14,15). The van der Waals surface area contributed by atoms with Gasteiger partial charge in [0, 0.05) is 11.4 Å². The molecule has 0 saturated carbocycles. The highest BCUT2D eigenvalue weighted by Crippen LogP contribution is 2.30. The van der Waals surface area contributed by atoms with Crippen LogP contribution in [0.2, 0.25) is 0 Å². The largest absolute Gasteiger partial charge is 0.468 e. The van der Waals surface area contributed by atoms with Gasteiger partial charge in [-0.1, -0.05) is 15.9 Å². The van der Waals surface area contributed by atoms with E-state index in [1.54, 1.807) is 11.3 Å². The van der Waals surface area contributed by atoms with E-state index in [0.29, 0.717) is 0 Å². The van der Waals surface area contributed by atoms with Crippen LogP contribution in [0.5, 0.6) is 0 Å². The molecule has 6 heteroatoms. The van der Waals surface area contributed by atoms with E-state index in [1.165, 1.54) is 24.0 Å². The molecule has 98 valence electrons. The van der Waals surface area contributed by atoms with Gasteiger partial charge in [-0.15, -0.1) is 11.3 Å². The molecule has 1 aliphatic carbocycles. The van der Waals surface area contributed by atoms with Gasteiger partial charge in [-0.2, -0.15) is 0 Å². The number of carbonyl (C=O) groups excluding carboxylic acids is 2. The van der Waals surface area contributed by atoms with Crippen LogP contribution in [0.3, 0.4) is 0 Å². The smallest absolute Gasteiger partial charge is 0.321 e. The Morgan fingerprint density at radius 1 is 1.56 bits per heavy atom. The van der Waals surface area contributed by atoms with Gasteiger partial charge in [0.25, 0.3) is 5.91 Å². The lowest BCUT2D eigenvalue weighted by Crippen LogP contribution is -2.33. The van der Waals surface area contributed by atoms with Gasteiger partial charge in [-0.25, -0.2) is 0 Å². The summed E-state index contributed by atoms with van der Waals surface area (Å²) in [7, 11) is 1.32. The van der Waals surface area contributed by atoms with Crippen molar-refractivity contribution in [2.45, 2.75) is 24.1 Å². The van der Waals surface area contributed by atoms with E-state index < -0.39 is 4.83 Å². The van der Waals surface area contributed by atoms with Crippen LogP contribution < -0.4 is 5.32 Å². The number of esters is 1. The summed E-state index contributed by atoms with van der Waals surface area (Å²) in [4.78, 5) is 24.6. The molecule has 1 heterocycles. The number of rotatable bonds is 4. The lowest BCUT2D eigenvalue weighted by atomic mass is 10.2. The van der Waals surface area contributed by atoms with Gasteiger partial charge >= 0.3 is 5.97 Å². The van der Waals surface area contributed by atoms with Crippen LogP contribution in [-0.4, -0.2) is 30.4 Å². The van der Waals surface area contributed by atoms with Crippen molar-refractivity contribution in [3.05, 3.63) is 21.4 Å². The van der Waals surface area contributed by atoms with Crippen LogP contribution in [0.25, 0.3) is 0 Å². The van der Waals surface area contributed by atoms with Crippen molar-refractivity contribution < 1.29 is 14.3 Å².